The number of anilines is 2. The van der Waals surface area contributed by atoms with Gasteiger partial charge in [0, 0.05) is 17.4 Å². The Bertz CT molecular complexity index is 656. The topological polar surface area (TPSA) is 41.1 Å². The highest BCUT2D eigenvalue weighted by molar-refractivity contribution is 6.00. The molecular formula is C15H14F2N2O. The van der Waals surface area contributed by atoms with Gasteiger partial charge in [0.1, 0.15) is 0 Å². The molecule has 2 amide bonds. The smallest absolute Gasteiger partial charge is 0.308 e. The molecule has 3 nitrogen and oxygen atoms in total. The third-order valence-electron chi connectivity index (χ3n) is 3.03. The molecule has 2 rings (SSSR count). The number of aryl methyl sites for hydroxylation is 1. The molecule has 0 aliphatic carbocycles. The van der Waals surface area contributed by atoms with Gasteiger partial charge < -0.3 is 10.6 Å². The van der Waals surface area contributed by atoms with Crippen LogP contribution in [0.15, 0.2) is 36.4 Å². The molecule has 104 valence electrons. The van der Waals surface area contributed by atoms with E-state index >= 15 is 0 Å². The highest BCUT2D eigenvalue weighted by atomic mass is 19.2. The first-order valence-electron chi connectivity index (χ1n) is 6.06. The van der Waals surface area contributed by atoms with Crippen LogP contribution in [0.1, 0.15) is 11.1 Å². The Kier molecular flexibility index (Phi) is 3.98. The Labute approximate surface area is 115 Å². The molecule has 0 bridgehead atoms. The van der Waals surface area contributed by atoms with Gasteiger partial charge in [-0.05, 0) is 43.2 Å². The number of rotatable bonds is 2. The third kappa shape index (κ3) is 3.12. The first kappa shape index (κ1) is 14.0. The van der Waals surface area contributed by atoms with E-state index in [1.807, 2.05) is 26.0 Å². The van der Waals surface area contributed by atoms with Crippen molar-refractivity contribution >= 4 is 17.4 Å². The quantitative estimate of drug-likeness (QED) is 0.847. The van der Waals surface area contributed by atoms with Crippen molar-refractivity contribution in [2.45, 2.75) is 13.8 Å². The summed E-state index contributed by atoms with van der Waals surface area (Å²) in [6.45, 7) is 3.83. The monoisotopic (exact) mass is 276 g/mol. The predicted octanol–water partition coefficient (Wildman–Crippen LogP) is 4.23. The molecule has 0 aromatic heterocycles. The van der Waals surface area contributed by atoms with Gasteiger partial charge in [-0.2, -0.15) is 0 Å². The van der Waals surface area contributed by atoms with Crippen LogP contribution in [0.25, 0.3) is 0 Å². The van der Waals surface area contributed by atoms with Crippen molar-refractivity contribution in [3.8, 4) is 0 Å². The molecule has 2 aromatic carbocycles. The highest BCUT2D eigenvalue weighted by Crippen LogP contribution is 2.19. The van der Waals surface area contributed by atoms with Crippen molar-refractivity contribution in [1.82, 2.24) is 0 Å². The number of halogens is 2. The lowest BCUT2D eigenvalue weighted by Crippen LogP contribution is -2.20. The van der Waals surface area contributed by atoms with Crippen LogP contribution in [0.5, 0.6) is 0 Å². The Hall–Kier alpha value is -2.43. The van der Waals surface area contributed by atoms with E-state index in [1.54, 1.807) is 6.07 Å². The SMILES string of the molecule is Cc1cccc(NC(=O)Nc2ccc(F)c(F)c2)c1C. The van der Waals surface area contributed by atoms with Gasteiger partial charge in [-0.3, -0.25) is 0 Å². The lowest BCUT2D eigenvalue weighted by Gasteiger charge is -2.11. The maximum absolute atomic E-state index is 13.0. The van der Waals surface area contributed by atoms with Crippen molar-refractivity contribution in [3.63, 3.8) is 0 Å². The van der Waals surface area contributed by atoms with Crippen LogP contribution in [0, 0.1) is 25.5 Å². The average Bonchev–Trinajstić information content (AvgIpc) is 2.39. The molecule has 0 heterocycles. The fraction of sp³-hybridized carbons (Fsp3) is 0.133. The number of urea groups is 1. The van der Waals surface area contributed by atoms with Gasteiger partial charge in [0.15, 0.2) is 11.6 Å². The number of carbonyl (C=O) groups is 1. The van der Waals surface area contributed by atoms with Gasteiger partial charge in [0.25, 0.3) is 0 Å². The largest absolute Gasteiger partial charge is 0.323 e. The number of hydrogen-bond acceptors (Lipinski definition) is 1. The zero-order valence-electron chi connectivity index (χ0n) is 11.1. The van der Waals surface area contributed by atoms with Crippen molar-refractivity contribution < 1.29 is 13.6 Å². The van der Waals surface area contributed by atoms with Crippen molar-refractivity contribution in [3.05, 3.63) is 59.2 Å². The summed E-state index contributed by atoms with van der Waals surface area (Å²) in [6, 6.07) is 8.21. The van der Waals surface area contributed by atoms with Crippen LogP contribution in [-0.4, -0.2) is 6.03 Å². The number of benzene rings is 2. The van der Waals surface area contributed by atoms with E-state index in [2.05, 4.69) is 10.6 Å². The molecule has 2 N–H and O–H groups in total. The van der Waals surface area contributed by atoms with Gasteiger partial charge in [-0.15, -0.1) is 0 Å². The molecular weight excluding hydrogens is 262 g/mol. The lowest BCUT2D eigenvalue weighted by molar-refractivity contribution is 0.262. The zero-order chi connectivity index (χ0) is 14.7. The van der Waals surface area contributed by atoms with Crippen LogP contribution >= 0.6 is 0 Å². The molecule has 0 fully saturated rings. The number of amides is 2. The molecule has 0 unspecified atom stereocenters. The summed E-state index contributed by atoms with van der Waals surface area (Å²) >= 11 is 0. The second kappa shape index (κ2) is 5.69. The summed E-state index contributed by atoms with van der Waals surface area (Å²) < 4.78 is 25.8. The summed E-state index contributed by atoms with van der Waals surface area (Å²) in [5.41, 5.74) is 2.86. The molecule has 0 aliphatic heterocycles. The first-order chi connectivity index (χ1) is 9.47. The Balaban J connectivity index is 2.09. The Morgan fingerprint density at radius 1 is 1.00 bits per heavy atom. The fourth-order valence-corrected chi connectivity index (χ4v) is 1.75. The molecule has 0 saturated heterocycles. The number of nitrogens with one attached hydrogen (secondary N) is 2. The van der Waals surface area contributed by atoms with Crippen molar-refractivity contribution in [2.75, 3.05) is 10.6 Å². The Morgan fingerprint density at radius 3 is 2.45 bits per heavy atom. The summed E-state index contributed by atoms with van der Waals surface area (Å²) in [7, 11) is 0. The minimum absolute atomic E-state index is 0.187. The van der Waals surface area contributed by atoms with Crippen molar-refractivity contribution in [2.24, 2.45) is 0 Å². The molecule has 0 aliphatic rings. The van der Waals surface area contributed by atoms with E-state index in [1.165, 1.54) is 6.07 Å². The molecule has 0 saturated carbocycles. The van der Waals surface area contributed by atoms with Crippen LogP contribution in [-0.2, 0) is 0 Å². The predicted molar refractivity (Wildman–Crippen MR) is 74.9 cm³/mol. The number of carbonyl (C=O) groups excluding carboxylic acids is 1. The summed E-state index contributed by atoms with van der Waals surface area (Å²) in [6.07, 6.45) is 0. The lowest BCUT2D eigenvalue weighted by atomic mass is 10.1. The van der Waals surface area contributed by atoms with Crippen LogP contribution in [0.2, 0.25) is 0 Å². The van der Waals surface area contributed by atoms with Crippen LogP contribution in [0.3, 0.4) is 0 Å². The van der Waals surface area contributed by atoms with E-state index in [9.17, 15) is 13.6 Å². The molecule has 0 spiro atoms. The molecule has 5 heteroatoms. The minimum Gasteiger partial charge on any atom is -0.308 e. The fourth-order valence-electron chi connectivity index (χ4n) is 1.75. The van der Waals surface area contributed by atoms with E-state index in [0.717, 1.165) is 23.3 Å². The number of hydrogen-bond donors (Lipinski definition) is 2. The van der Waals surface area contributed by atoms with E-state index in [0.29, 0.717) is 5.69 Å². The van der Waals surface area contributed by atoms with Gasteiger partial charge in [-0.1, -0.05) is 12.1 Å². The van der Waals surface area contributed by atoms with Crippen LogP contribution < -0.4 is 10.6 Å². The molecule has 20 heavy (non-hydrogen) atoms. The second-order valence-corrected chi connectivity index (χ2v) is 4.46. The van der Waals surface area contributed by atoms with Gasteiger partial charge in [0.2, 0.25) is 0 Å². The first-order valence-corrected chi connectivity index (χ1v) is 6.06. The summed E-state index contributed by atoms with van der Waals surface area (Å²) in [4.78, 5) is 11.8. The molecule has 2 aromatic rings. The zero-order valence-corrected chi connectivity index (χ0v) is 11.1. The second-order valence-electron chi connectivity index (χ2n) is 4.46. The van der Waals surface area contributed by atoms with E-state index in [4.69, 9.17) is 0 Å². The third-order valence-corrected chi connectivity index (χ3v) is 3.03. The summed E-state index contributed by atoms with van der Waals surface area (Å²) in [5.74, 6) is -1.96. The highest BCUT2D eigenvalue weighted by Gasteiger charge is 2.08. The Morgan fingerprint density at radius 2 is 1.75 bits per heavy atom. The van der Waals surface area contributed by atoms with Gasteiger partial charge >= 0.3 is 6.03 Å². The minimum atomic E-state index is -1.01. The summed E-state index contributed by atoms with van der Waals surface area (Å²) in [5, 5.41) is 5.12. The molecule has 0 atom stereocenters. The van der Waals surface area contributed by atoms with E-state index < -0.39 is 17.7 Å². The van der Waals surface area contributed by atoms with Crippen molar-refractivity contribution in [1.29, 1.82) is 0 Å². The standard InChI is InChI=1S/C15H14F2N2O/c1-9-4-3-5-14(10(9)2)19-15(20)18-11-6-7-12(16)13(17)8-11/h3-8H,1-2H3,(H2,18,19,20). The van der Waals surface area contributed by atoms with Gasteiger partial charge in [0.05, 0.1) is 0 Å². The normalized spacial score (nSPS) is 10.2. The maximum atomic E-state index is 13.0. The average molecular weight is 276 g/mol. The van der Waals surface area contributed by atoms with Gasteiger partial charge in [-0.25, -0.2) is 13.6 Å². The van der Waals surface area contributed by atoms with E-state index in [-0.39, 0.29) is 5.69 Å². The van der Waals surface area contributed by atoms with Crippen LogP contribution in [0.4, 0.5) is 25.0 Å². The maximum Gasteiger partial charge on any atom is 0.323 e. The molecule has 0 radical (unpaired) electrons.